The molecule has 1 amide bonds. The van der Waals surface area contributed by atoms with Crippen molar-refractivity contribution < 1.29 is 13.9 Å². The molecule has 2 aromatic heterocycles. The van der Waals surface area contributed by atoms with Crippen LogP contribution in [0, 0.1) is 9.77 Å². The maximum Gasteiger partial charge on any atom is 0.246 e. The number of fused-ring (bicyclic) bond motifs is 1. The molecule has 13 heteroatoms. The number of rotatable bonds is 12. The molecule has 0 radical (unpaired) electrons. The van der Waals surface area contributed by atoms with Crippen LogP contribution < -0.4 is 15.4 Å². The van der Waals surface area contributed by atoms with Gasteiger partial charge in [0, 0.05) is 22.9 Å². The molecule has 0 saturated carbocycles. The Morgan fingerprint density at radius 2 is 2.08 bits per heavy atom. The van der Waals surface area contributed by atoms with Crippen LogP contribution in [0.3, 0.4) is 0 Å². The molecule has 2 heterocycles. The van der Waals surface area contributed by atoms with Crippen LogP contribution in [-0.4, -0.2) is 38.0 Å². The van der Waals surface area contributed by atoms with E-state index in [4.69, 9.17) is 28.6 Å². The van der Waals surface area contributed by atoms with Gasteiger partial charge in [0.1, 0.15) is 30.3 Å². The highest BCUT2D eigenvalue weighted by Gasteiger charge is 2.15. The van der Waals surface area contributed by atoms with Crippen molar-refractivity contribution in [3.63, 3.8) is 0 Å². The minimum atomic E-state index is -0.515. The SMILES string of the molecule is CCCCCSc1nn(CC(=O)Nc2cc3c(Nc4ccc(F)c(Cl)c4)ncnc3cc2OCC)c(=S)s1. The largest absolute Gasteiger partial charge is 0.492 e. The highest BCUT2D eigenvalue weighted by atomic mass is 35.5. The minimum Gasteiger partial charge on any atom is -0.492 e. The second-order valence-electron chi connectivity index (χ2n) is 8.17. The number of carbonyl (C=O) groups excluding carboxylic acids is 1. The average Bonchev–Trinajstić information content (AvgIpc) is 3.23. The van der Waals surface area contributed by atoms with Gasteiger partial charge in [-0.1, -0.05) is 54.5 Å². The number of hydrogen-bond acceptors (Lipinski definition) is 9. The lowest BCUT2D eigenvalue weighted by Crippen LogP contribution is -2.20. The van der Waals surface area contributed by atoms with Crippen LogP contribution in [0.1, 0.15) is 33.1 Å². The normalized spacial score (nSPS) is 11.1. The van der Waals surface area contributed by atoms with E-state index in [9.17, 15) is 9.18 Å². The van der Waals surface area contributed by atoms with Gasteiger partial charge in [-0.15, -0.1) is 0 Å². The van der Waals surface area contributed by atoms with Crippen molar-refractivity contribution in [3.05, 3.63) is 51.5 Å². The molecule has 200 valence electrons. The molecule has 8 nitrogen and oxygen atoms in total. The number of anilines is 3. The summed E-state index contributed by atoms with van der Waals surface area (Å²) in [6.45, 7) is 4.39. The fourth-order valence-electron chi connectivity index (χ4n) is 3.55. The number of benzene rings is 2. The minimum absolute atomic E-state index is 0.0110. The van der Waals surface area contributed by atoms with Gasteiger partial charge in [0.2, 0.25) is 5.91 Å². The summed E-state index contributed by atoms with van der Waals surface area (Å²) in [5.41, 5.74) is 1.61. The monoisotopic (exact) mass is 592 g/mol. The first-order valence-electron chi connectivity index (χ1n) is 12.0. The van der Waals surface area contributed by atoms with E-state index in [1.807, 2.05) is 6.92 Å². The van der Waals surface area contributed by atoms with E-state index in [0.29, 0.717) is 44.4 Å². The van der Waals surface area contributed by atoms with Crippen LogP contribution >= 0.6 is 46.9 Å². The molecule has 0 fully saturated rings. The van der Waals surface area contributed by atoms with E-state index in [-0.39, 0.29) is 17.5 Å². The van der Waals surface area contributed by atoms with Crippen molar-refractivity contribution in [1.29, 1.82) is 0 Å². The van der Waals surface area contributed by atoms with Gasteiger partial charge < -0.3 is 15.4 Å². The van der Waals surface area contributed by atoms with E-state index in [0.717, 1.165) is 22.9 Å². The molecule has 0 unspecified atom stereocenters. The Hall–Kier alpha value is -2.80. The third-order valence-electron chi connectivity index (χ3n) is 5.35. The Morgan fingerprint density at radius 1 is 1.24 bits per heavy atom. The molecule has 2 aromatic carbocycles. The Balaban J connectivity index is 1.56. The van der Waals surface area contributed by atoms with E-state index in [1.165, 1.54) is 40.9 Å². The number of aromatic nitrogens is 4. The molecule has 4 aromatic rings. The molecule has 0 spiro atoms. The molecule has 0 atom stereocenters. The van der Waals surface area contributed by atoms with Crippen LogP contribution in [0.5, 0.6) is 5.75 Å². The standard InChI is InChI=1S/C25H26ClFN6O2S3/c1-3-5-6-9-37-24-32-33(25(36)38-24)13-22(34)31-20-11-16-19(12-21(20)35-4-2)28-14-29-23(16)30-15-7-8-18(27)17(26)10-15/h7-8,10-12,14H,3-6,9,13H2,1-2H3,(H,31,34)(H,28,29,30). The van der Waals surface area contributed by atoms with Crippen molar-refractivity contribution in [3.8, 4) is 5.75 Å². The van der Waals surface area contributed by atoms with Crippen molar-refractivity contribution in [2.24, 2.45) is 0 Å². The zero-order valence-electron chi connectivity index (χ0n) is 20.8. The maximum atomic E-state index is 13.6. The topological polar surface area (TPSA) is 94.0 Å². The summed E-state index contributed by atoms with van der Waals surface area (Å²) in [4.78, 5) is 21.7. The van der Waals surface area contributed by atoms with Gasteiger partial charge in [0.25, 0.3) is 0 Å². The number of hydrogen-bond donors (Lipinski definition) is 2. The number of carbonyl (C=O) groups is 1. The van der Waals surface area contributed by atoms with Crippen molar-refractivity contribution in [1.82, 2.24) is 19.7 Å². The lowest BCUT2D eigenvalue weighted by atomic mass is 10.1. The first-order chi connectivity index (χ1) is 18.4. The summed E-state index contributed by atoms with van der Waals surface area (Å²) >= 11 is 14.4. The Morgan fingerprint density at radius 3 is 2.84 bits per heavy atom. The van der Waals surface area contributed by atoms with Crippen LogP contribution in [0.15, 0.2) is 41.0 Å². The zero-order chi connectivity index (χ0) is 27.1. The second kappa shape index (κ2) is 13.3. The number of thioether (sulfide) groups is 1. The summed E-state index contributed by atoms with van der Waals surface area (Å²) < 4.78 is 22.3. The second-order valence-corrected chi connectivity index (χ2v) is 11.5. The summed E-state index contributed by atoms with van der Waals surface area (Å²) in [7, 11) is 0. The smallest absolute Gasteiger partial charge is 0.246 e. The summed E-state index contributed by atoms with van der Waals surface area (Å²) in [5.74, 6) is 1.09. The van der Waals surface area contributed by atoms with E-state index in [1.54, 1.807) is 30.0 Å². The van der Waals surface area contributed by atoms with Crippen molar-refractivity contribution in [2.45, 2.75) is 44.0 Å². The number of nitrogens with one attached hydrogen (secondary N) is 2. The molecular weight excluding hydrogens is 567 g/mol. The van der Waals surface area contributed by atoms with E-state index < -0.39 is 5.82 Å². The van der Waals surface area contributed by atoms with Gasteiger partial charge in [-0.3, -0.25) is 4.79 Å². The van der Waals surface area contributed by atoms with Crippen LogP contribution in [0.2, 0.25) is 5.02 Å². The number of unbranched alkanes of at least 4 members (excludes halogenated alkanes) is 2. The number of halogens is 2. The molecular formula is C25H26ClFN6O2S3. The molecule has 2 N–H and O–H groups in total. The Kier molecular flexibility index (Phi) is 9.89. The molecule has 4 rings (SSSR count). The number of amides is 1. The van der Waals surface area contributed by atoms with Gasteiger partial charge >= 0.3 is 0 Å². The molecule has 38 heavy (non-hydrogen) atoms. The maximum absolute atomic E-state index is 13.6. The first kappa shape index (κ1) is 28.2. The molecule has 0 aliphatic carbocycles. The van der Waals surface area contributed by atoms with Gasteiger partial charge in [0.15, 0.2) is 8.29 Å². The van der Waals surface area contributed by atoms with Gasteiger partial charge in [-0.25, -0.2) is 19.0 Å². The third kappa shape index (κ3) is 7.19. The predicted molar refractivity (Wildman–Crippen MR) is 155 cm³/mol. The summed E-state index contributed by atoms with van der Waals surface area (Å²) in [6, 6.07) is 7.77. The van der Waals surface area contributed by atoms with Gasteiger partial charge in [-0.05, 0) is 49.8 Å². The predicted octanol–water partition coefficient (Wildman–Crippen LogP) is 7.47. The molecule has 0 saturated heterocycles. The summed E-state index contributed by atoms with van der Waals surface area (Å²) in [5, 5.41) is 11.2. The quantitative estimate of drug-likeness (QED) is 0.0993. The fraction of sp³-hybridized carbons (Fsp3) is 0.320. The molecule has 0 aliphatic rings. The Bertz CT molecular complexity index is 1500. The number of ether oxygens (including phenoxy) is 1. The van der Waals surface area contributed by atoms with E-state index >= 15 is 0 Å². The molecule has 0 aliphatic heterocycles. The average molecular weight is 593 g/mol. The van der Waals surface area contributed by atoms with Crippen LogP contribution in [0.25, 0.3) is 10.9 Å². The van der Waals surface area contributed by atoms with Crippen molar-refractivity contribution >= 4 is 80.9 Å². The molecule has 0 bridgehead atoms. The third-order valence-corrected chi connectivity index (χ3v) is 8.16. The van der Waals surface area contributed by atoms with Gasteiger partial charge in [-0.2, -0.15) is 5.10 Å². The van der Waals surface area contributed by atoms with Gasteiger partial charge in [0.05, 0.1) is 22.8 Å². The summed E-state index contributed by atoms with van der Waals surface area (Å²) in [6.07, 6.45) is 4.86. The highest BCUT2D eigenvalue weighted by molar-refractivity contribution is 8.01. The Labute approximate surface area is 238 Å². The lowest BCUT2D eigenvalue weighted by Gasteiger charge is -2.15. The number of nitrogens with zero attached hydrogens (tertiary/aromatic N) is 4. The van der Waals surface area contributed by atoms with Crippen molar-refractivity contribution in [2.75, 3.05) is 23.0 Å². The zero-order valence-corrected chi connectivity index (χ0v) is 24.0. The van der Waals surface area contributed by atoms with Crippen LogP contribution in [-0.2, 0) is 11.3 Å². The lowest BCUT2D eigenvalue weighted by molar-refractivity contribution is -0.116. The van der Waals surface area contributed by atoms with Crippen LogP contribution in [0.4, 0.5) is 21.6 Å². The highest BCUT2D eigenvalue weighted by Crippen LogP contribution is 2.34. The fourth-order valence-corrected chi connectivity index (χ4v) is 6.13. The first-order valence-corrected chi connectivity index (χ1v) is 14.6. The van der Waals surface area contributed by atoms with E-state index in [2.05, 4.69) is 32.6 Å².